The number of aryl methyl sites for hydroxylation is 1. The van der Waals surface area contributed by atoms with E-state index in [2.05, 4.69) is 29.3 Å². The minimum absolute atomic E-state index is 0. The van der Waals surface area contributed by atoms with Crippen LogP contribution in [0.3, 0.4) is 0 Å². The Kier molecular flexibility index (Phi) is 5.02. The molecule has 2 atom stereocenters. The number of likely N-dealkylation sites (tertiary alicyclic amines) is 1. The smallest absolute Gasteiger partial charge is 0.259 e. The Morgan fingerprint density at radius 1 is 1.32 bits per heavy atom. The van der Waals surface area contributed by atoms with Crippen LogP contribution in [0.15, 0.2) is 10.6 Å². The quantitative estimate of drug-likeness (QED) is 0.886. The molecule has 7 heteroatoms. The lowest BCUT2D eigenvalue weighted by molar-refractivity contribution is 0.0750. The van der Waals surface area contributed by atoms with Gasteiger partial charge in [-0.1, -0.05) is 19.0 Å². The van der Waals surface area contributed by atoms with Gasteiger partial charge in [0.2, 0.25) is 0 Å². The Morgan fingerprint density at radius 3 is 2.84 bits per heavy atom. The lowest BCUT2D eigenvalue weighted by Crippen LogP contribution is -2.39. The molecule has 0 radical (unpaired) electrons. The van der Waals surface area contributed by atoms with Gasteiger partial charge >= 0.3 is 0 Å². The van der Waals surface area contributed by atoms with E-state index >= 15 is 0 Å². The zero-order valence-corrected chi connectivity index (χ0v) is 15.7. The van der Waals surface area contributed by atoms with Crippen LogP contribution >= 0.6 is 12.4 Å². The van der Waals surface area contributed by atoms with Crippen molar-refractivity contribution in [2.45, 2.75) is 58.0 Å². The Bertz CT molecular complexity index is 789. The SMILES string of the molecule is Cc1cc(C(=O)N2CCC3CCC(C2)N3)c2c(C(C)C)noc2n1.Cl. The number of amides is 1. The van der Waals surface area contributed by atoms with E-state index in [-0.39, 0.29) is 24.2 Å². The average molecular weight is 365 g/mol. The number of nitrogens with one attached hydrogen (secondary N) is 1. The van der Waals surface area contributed by atoms with Crippen LogP contribution in [0.1, 0.15) is 60.8 Å². The predicted octanol–water partition coefficient (Wildman–Crippen LogP) is 3.04. The van der Waals surface area contributed by atoms with Crippen LogP contribution in [-0.4, -0.2) is 46.1 Å². The number of carbonyl (C=O) groups is 1. The van der Waals surface area contributed by atoms with E-state index in [4.69, 9.17) is 4.52 Å². The predicted molar refractivity (Wildman–Crippen MR) is 98.3 cm³/mol. The highest BCUT2D eigenvalue weighted by molar-refractivity contribution is 6.06. The molecule has 2 bridgehead atoms. The second-order valence-corrected chi connectivity index (χ2v) is 7.39. The number of pyridine rings is 1. The Labute approximate surface area is 153 Å². The van der Waals surface area contributed by atoms with E-state index in [0.29, 0.717) is 23.4 Å². The van der Waals surface area contributed by atoms with Gasteiger partial charge in [0.05, 0.1) is 16.6 Å². The van der Waals surface area contributed by atoms with E-state index in [1.807, 2.05) is 17.9 Å². The van der Waals surface area contributed by atoms with E-state index in [0.717, 1.165) is 42.7 Å². The lowest BCUT2D eigenvalue weighted by atomic mass is 10.0. The first-order valence-corrected chi connectivity index (χ1v) is 8.85. The molecular formula is C18H25ClN4O2. The summed E-state index contributed by atoms with van der Waals surface area (Å²) in [5.41, 5.74) is 2.75. The van der Waals surface area contributed by atoms with Crippen LogP contribution in [0.5, 0.6) is 0 Å². The first kappa shape index (κ1) is 18.1. The summed E-state index contributed by atoms with van der Waals surface area (Å²) in [5.74, 6) is 0.258. The third-order valence-electron chi connectivity index (χ3n) is 5.19. The van der Waals surface area contributed by atoms with Crippen molar-refractivity contribution >= 4 is 29.4 Å². The number of nitrogens with zero attached hydrogens (tertiary/aromatic N) is 3. The molecule has 0 aromatic carbocycles. The average Bonchev–Trinajstić information content (AvgIpc) is 3.09. The first-order chi connectivity index (χ1) is 11.5. The number of halogens is 1. The van der Waals surface area contributed by atoms with Gasteiger partial charge in [-0.05, 0) is 38.2 Å². The summed E-state index contributed by atoms with van der Waals surface area (Å²) in [6.07, 6.45) is 3.41. The van der Waals surface area contributed by atoms with Gasteiger partial charge < -0.3 is 14.7 Å². The van der Waals surface area contributed by atoms with Crippen molar-refractivity contribution in [3.8, 4) is 0 Å². The summed E-state index contributed by atoms with van der Waals surface area (Å²) in [6, 6.07) is 2.87. The van der Waals surface area contributed by atoms with Crippen LogP contribution in [0.2, 0.25) is 0 Å². The molecule has 0 spiro atoms. The van der Waals surface area contributed by atoms with E-state index in [1.165, 1.54) is 6.42 Å². The molecule has 2 aliphatic rings. The molecule has 4 rings (SSSR count). The molecule has 0 saturated carbocycles. The Balaban J connectivity index is 0.00000182. The fraction of sp³-hybridized carbons (Fsp3) is 0.611. The summed E-state index contributed by atoms with van der Waals surface area (Å²) < 4.78 is 5.40. The number of fused-ring (bicyclic) bond motifs is 3. The molecule has 2 aromatic heterocycles. The van der Waals surface area contributed by atoms with Crippen LogP contribution in [0.25, 0.3) is 11.1 Å². The zero-order chi connectivity index (χ0) is 16.8. The molecule has 4 heterocycles. The number of aromatic nitrogens is 2. The maximum Gasteiger partial charge on any atom is 0.259 e. The van der Waals surface area contributed by atoms with E-state index in [9.17, 15) is 4.79 Å². The standard InChI is InChI=1S/C18H24N4O2.ClH/c1-10(2)16-15-14(8-11(3)19-17(15)24-21-16)18(23)22-7-6-12-4-5-13(9-22)20-12;/h8,10,12-13,20H,4-7,9H2,1-3H3;1H. The van der Waals surface area contributed by atoms with Crippen molar-refractivity contribution in [2.75, 3.05) is 13.1 Å². The van der Waals surface area contributed by atoms with Gasteiger partial charge in [-0.3, -0.25) is 4.79 Å². The molecule has 0 aliphatic carbocycles. The highest BCUT2D eigenvalue weighted by atomic mass is 35.5. The highest BCUT2D eigenvalue weighted by Gasteiger charge is 2.33. The third-order valence-corrected chi connectivity index (χ3v) is 5.19. The lowest BCUT2D eigenvalue weighted by Gasteiger charge is -2.24. The Morgan fingerprint density at radius 2 is 2.08 bits per heavy atom. The summed E-state index contributed by atoms with van der Waals surface area (Å²) in [7, 11) is 0. The fourth-order valence-corrected chi connectivity index (χ4v) is 3.96. The van der Waals surface area contributed by atoms with Crippen molar-refractivity contribution < 1.29 is 9.32 Å². The molecule has 25 heavy (non-hydrogen) atoms. The monoisotopic (exact) mass is 364 g/mol. The largest absolute Gasteiger partial charge is 0.337 e. The Hall–Kier alpha value is -1.66. The van der Waals surface area contributed by atoms with E-state index in [1.54, 1.807) is 0 Å². The molecule has 136 valence electrons. The molecule has 1 amide bonds. The molecule has 2 aromatic rings. The maximum absolute atomic E-state index is 13.3. The van der Waals surface area contributed by atoms with Gasteiger partial charge in [-0.2, -0.15) is 0 Å². The van der Waals surface area contributed by atoms with Crippen LogP contribution < -0.4 is 5.32 Å². The second kappa shape index (κ2) is 6.92. The third kappa shape index (κ3) is 3.25. The fourth-order valence-electron chi connectivity index (χ4n) is 3.96. The summed E-state index contributed by atoms with van der Waals surface area (Å²) in [6.45, 7) is 7.58. The van der Waals surface area contributed by atoms with E-state index < -0.39 is 0 Å². The molecule has 2 fully saturated rings. The van der Waals surface area contributed by atoms with Gasteiger partial charge in [-0.15, -0.1) is 12.4 Å². The minimum atomic E-state index is 0. The van der Waals surface area contributed by atoms with Crippen molar-refractivity contribution in [2.24, 2.45) is 0 Å². The van der Waals surface area contributed by atoms with Crippen molar-refractivity contribution in [1.29, 1.82) is 0 Å². The van der Waals surface area contributed by atoms with Gasteiger partial charge in [-0.25, -0.2) is 4.98 Å². The molecular weight excluding hydrogens is 340 g/mol. The first-order valence-electron chi connectivity index (χ1n) is 8.85. The highest BCUT2D eigenvalue weighted by Crippen LogP contribution is 2.29. The summed E-state index contributed by atoms with van der Waals surface area (Å²) >= 11 is 0. The van der Waals surface area contributed by atoms with Crippen LogP contribution in [0, 0.1) is 6.92 Å². The molecule has 6 nitrogen and oxygen atoms in total. The van der Waals surface area contributed by atoms with Gasteiger partial charge in [0, 0.05) is 30.9 Å². The number of hydrogen-bond acceptors (Lipinski definition) is 5. The van der Waals surface area contributed by atoms with Crippen LogP contribution in [-0.2, 0) is 0 Å². The van der Waals surface area contributed by atoms with Gasteiger partial charge in [0.15, 0.2) is 0 Å². The van der Waals surface area contributed by atoms with Gasteiger partial charge in [0.1, 0.15) is 0 Å². The molecule has 1 N–H and O–H groups in total. The number of hydrogen-bond donors (Lipinski definition) is 1. The molecule has 2 saturated heterocycles. The van der Waals surface area contributed by atoms with Crippen LogP contribution in [0.4, 0.5) is 0 Å². The zero-order valence-electron chi connectivity index (χ0n) is 14.9. The summed E-state index contributed by atoms with van der Waals surface area (Å²) in [4.78, 5) is 19.7. The normalized spacial score (nSPS) is 23.0. The van der Waals surface area contributed by atoms with Crippen molar-refractivity contribution in [3.63, 3.8) is 0 Å². The maximum atomic E-state index is 13.3. The molecule has 2 aliphatic heterocycles. The van der Waals surface area contributed by atoms with Crippen molar-refractivity contribution in [3.05, 3.63) is 23.0 Å². The molecule has 2 unspecified atom stereocenters. The van der Waals surface area contributed by atoms with Gasteiger partial charge in [0.25, 0.3) is 11.6 Å². The topological polar surface area (TPSA) is 71.3 Å². The summed E-state index contributed by atoms with van der Waals surface area (Å²) in [5, 5.41) is 8.57. The second-order valence-electron chi connectivity index (χ2n) is 7.39. The number of carbonyl (C=O) groups excluding carboxylic acids is 1. The number of rotatable bonds is 2. The minimum Gasteiger partial charge on any atom is -0.337 e. The van der Waals surface area contributed by atoms with Crippen molar-refractivity contribution in [1.82, 2.24) is 20.4 Å².